The molecule has 0 saturated heterocycles. The van der Waals surface area contributed by atoms with Crippen molar-refractivity contribution in [1.29, 1.82) is 0 Å². The Bertz CT molecular complexity index is 505. The fraction of sp³-hybridized carbons (Fsp3) is 0.250. The van der Waals surface area contributed by atoms with Crippen LogP contribution in [0.1, 0.15) is 23.0 Å². The lowest BCUT2D eigenvalue weighted by Crippen LogP contribution is -2.15. The molecule has 4 heteroatoms. The van der Waals surface area contributed by atoms with E-state index >= 15 is 0 Å². The predicted octanol–water partition coefficient (Wildman–Crippen LogP) is 2.43. The summed E-state index contributed by atoms with van der Waals surface area (Å²) in [4.78, 5) is 0. The van der Waals surface area contributed by atoms with Gasteiger partial charge in [0.1, 0.15) is 0 Å². The Hall–Kier alpha value is -1.32. The first-order chi connectivity index (χ1) is 7.58. The first-order valence-electron chi connectivity index (χ1n) is 5.09. The molecule has 0 aliphatic carbocycles. The fourth-order valence-electron chi connectivity index (χ4n) is 1.79. The average Bonchev–Trinajstić information content (AvgIpc) is 2.57. The third-order valence-electron chi connectivity index (χ3n) is 2.56. The van der Waals surface area contributed by atoms with Crippen molar-refractivity contribution in [3.63, 3.8) is 0 Å². The molecule has 2 rings (SSSR count). The zero-order valence-corrected chi connectivity index (χ0v) is 10.1. The van der Waals surface area contributed by atoms with Crippen LogP contribution in [-0.2, 0) is 7.05 Å². The van der Waals surface area contributed by atoms with Crippen molar-refractivity contribution in [2.45, 2.75) is 13.0 Å². The van der Waals surface area contributed by atoms with Gasteiger partial charge in [-0.15, -0.1) is 0 Å². The third-order valence-corrected chi connectivity index (χ3v) is 2.80. The summed E-state index contributed by atoms with van der Waals surface area (Å²) in [6.07, 6.45) is 0. The van der Waals surface area contributed by atoms with Crippen LogP contribution in [0.25, 0.3) is 0 Å². The third kappa shape index (κ3) is 2.10. The molecule has 1 unspecified atom stereocenters. The molecule has 1 aromatic carbocycles. The zero-order chi connectivity index (χ0) is 11.7. The van der Waals surface area contributed by atoms with Crippen LogP contribution >= 0.6 is 11.6 Å². The number of nitrogens with zero attached hydrogens (tertiary/aromatic N) is 2. The number of aromatic nitrogens is 2. The van der Waals surface area contributed by atoms with Crippen molar-refractivity contribution < 1.29 is 0 Å². The fourth-order valence-corrected chi connectivity index (χ4v) is 1.99. The molecule has 0 aliphatic heterocycles. The first-order valence-corrected chi connectivity index (χ1v) is 5.47. The predicted molar refractivity (Wildman–Crippen MR) is 65.4 cm³/mol. The van der Waals surface area contributed by atoms with E-state index < -0.39 is 0 Å². The summed E-state index contributed by atoms with van der Waals surface area (Å²) in [5.41, 5.74) is 9.13. The number of hydrogen-bond donors (Lipinski definition) is 1. The van der Waals surface area contributed by atoms with E-state index in [2.05, 4.69) is 5.10 Å². The number of rotatable bonds is 2. The quantitative estimate of drug-likeness (QED) is 0.869. The Balaban J connectivity index is 2.38. The molecular weight excluding hydrogens is 222 g/mol. The van der Waals surface area contributed by atoms with Gasteiger partial charge in [0.25, 0.3) is 0 Å². The van der Waals surface area contributed by atoms with Crippen molar-refractivity contribution >= 4 is 11.6 Å². The summed E-state index contributed by atoms with van der Waals surface area (Å²) in [6, 6.07) is 9.40. The highest BCUT2D eigenvalue weighted by Crippen LogP contribution is 2.22. The molecule has 16 heavy (non-hydrogen) atoms. The van der Waals surface area contributed by atoms with E-state index in [0.29, 0.717) is 5.02 Å². The molecule has 0 aliphatic rings. The van der Waals surface area contributed by atoms with Crippen LogP contribution in [0.3, 0.4) is 0 Å². The Kier molecular flexibility index (Phi) is 2.99. The van der Waals surface area contributed by atoms with Gasteiger partial charge in [-0.2, -0.15) is 5.10 Å². The first kappa shape index (κ1) is 11.2. The molecule has 3 nitrogen and oxygen atoms in total. The highest BCUT2D eigenvalue weighted by atomic mass is 35.5. The van der Waals surface area contributed by atoms with Crippen LogP contribution in [0, 0.1) is 6.92 Å². The van der Waals surface area contributed by atoms with Crippen LogP contribution in [0.15, 0.2) is 30.3 Å². The molecule has 84 valence electrons. The van der Waals surface area contributed by atoms with Gasteiger partial charge in [-0.25, -0.2) is 0 Å². The number of nitrogens with two attached hydrogens (primary N) is 1. The van der Waals surface area contributed by atoms with Gasteiger partial charge in [-0.1, -0.05) is 23.7 Å². The molecule has 1 heterocycles. The lowest BCUT2D eigenvalue weighted by atomic mass is 10.0. The SMILES string of the molecule is Cc1cc(C(N)c2cccc(Cl)c2)n(C)n1. The van der Waals surface area contributed by atoms with Crippen LogP contribution in [0.2, 0.25) is 5.02 Å². The van der Waals surface area contributed by atoms with Crippen LogP contribution in [0.4, 0.5) is 0 Å². The second kappa shape index (κ2) is 4.28. The van der Waals surface area contributed by atoms with E-state index in [4.69, 9.17) is 17.3 Å². The monoisotopic (exact) mass is 235 g/mol. The molecule has 0 amide bonds. The minimum atomic E-state index is -0.190. The van der Waals surface area contributed by atoms with Gasteiger partial charge in [0.05, 0.1) is 17.4 Å². The van der Waals surface area contributed by atoms with Crippen molar-refractivity contribution in [3.8, 4) is 0 Å². The molecule has 0 fully saturated rings. The summed E-state index contributed by atoms with van der Waals surface area (Å²) in [6.45, 7) is 1.95. The van der Waals surface area contributed by atoms with E-state index in [-0.39, 0.29) is 6.04 Å². The molecule has 0 bridgehead atoms. The smallest absolute Gasteiger partial charge is 0.0723 e. The second-order valence-corrected chi connectivity index (χ2v) is 4.30. The Morgan fingerprint density at radius 2 is 2.12 bits per heavy atom. The summed E-state index contributed by atoms with van der Waals surface area (Å²) < 4.78 is 1.81. The van der Waals surface area contributed by atoms with Crippen molar-refractivity contribution in [1.82, 2.24) is 9.78 Å². The highest BCUT2D eigenvalue weighted by molar-refractivity contribution is 6.30. The largest absolute Gasteiger partial charge is 0.319 e. The standard InChI is InChI=1S/C12H14ClN3/c1-8-6-11(16(2)15-8)12(14)9-4-3-5-10(13)7-9/h3-7,12H,14H2,1-2H3. The number of benzene rings is 1. The Morgan fingerprint density at radius 1 is 1.38 bits per heavy atom. The van der Waals surface area contributed by atoms with Gasteiger partial charge in [0.15, 0.2) is 0 Å². The maximum Gasteiger partial charge on any atom is 0.0723 e. The second-order valence-electron chi connectivity index (χ2n) is 3.87. The van der Waals surface area contributed by atoms with Gasteiger partial charge in [0, 0.05) is 12.1 Å². The highest BCUT2D eigenvalue weighted by Gasteiger charge is 2.13. The van der Waals surface area contributed by atoms with E-state index in [0.717, 1.165) is 17.0 Å². The summed E-state index contributed by atoms with van der Waals surface area (Å²) in [5, 5.41) is 4.98. The van der Waals surface area contributed by atoms with Crippen LogP contribution in [0.5, 0.6) is 0 Å². The molecule has 0 saturated carbocycles. The number of aryl methyl sites for hydroxylation is 2. The lowest BCUT2D eigenvalue weighted by molar-refractivity contribution is 0.669. The minimum absolute atomic E-state index is 0.190. The van der Waals surface area contributed by atoms with Gasteiger partial charge in [-0.05, 0) is 30.7 Å². The molecule has 0 spiro atoms. The lowest BCUT2D eigenvalue weighted by Gasteiger charge is -2.12. The Labute approximate surface area is 99.8 Å². The normalized spacial score (nSPS) is 12.8. The zero-order valence-electron chi connectivity index (χ0n) is 9.31. The Morgan fingerprint density at radius 3 is 2.69 bits per heavy atom. The van der Waals surface area contributed by atoms with Gasteiger partial charge in [-0.3, -0.25) is 4.68 Å². The number of hydrogen-bond acceptors (Lipinski definition) is 2. The van der Waals surface area contributed by atoms with Crippen molar-refractivity contribution in [2.24, 2.45) is 12.8 Å². The van der Waals surface area contributed by atoms with Crippen LogP contribution < -0.4 is 5.73 Å². The van der Waals surface area contributed by atoms with E-state index in [1.165, 1.54) is 0 Å². The molecular formula is C12H14ClN3. The molecule has 1 atom stereocenters. The van der Waals surface area contributed by atoms with Crippen molar-refractivity contribution in [3.05, 3.63) is 52.3 Å². The molecule has 1 aromatic heterocycles. The van der Waals surface area contributed by atoms with E-state index in [1.807, 2.05) is 44.3 Å². The van der Waals surface area contributed by atoms with Gasteiger partial charge >= 0.3 is 0 Å². The summed E-state index contributed by atoms with van der Waals surface area (Å²) in [7, 11) is 1.90. The average molecular weight is 236 g/mol. The molecule has 2 aromatic rings. The van der Waals surface area contributed by atoms with E-state index in [9.17, 15) is 0 Å². The van der Waals surface area contributed by atoms with Crippen LogP contribution in [-0.4, -0.2) is 9.78 Å². The van der Waals surface area contributed by atoms with Gasteiger partial charge < -0.3 is 5.73 Å². The van der Waals surface area contributed by atoms with E-state index in [1.54, 1.807) is 4.68 Å². The maximum atomic E-state index is 6.18. The minimum Gasteiger partial charge on any atom is -0.319 e. The van der Waals surface area contributed by atoms with Gasteiger partial charge in [0.2, 0.25) is 0 Å². The molecule has 2 N–H and O–H groups in total. The maximum absolute atomic E-state index is 6.18. The summed E-state index contributed by atoms with van der Waals surface area (Å²) >= 11 is 5.94. The molecule has 0 radical (unpaired) electrons. The summed E-state index contributed by atoms with van der Waals surface area (Å²) in [5.74, 6) is 0. The van der Waals surface area contributed by atoms with Crippen molar-refractivity contribution in [2.75, 3.05) is 0 Å². The number of halogens is 1. The topological polar surface area (TPSA) is 43.8 Å².